The Morgan fingerprint density at radius 1 is 1.20 bits per heavy atom. The van der Waals surface area contributed by atoms with Crippen LogP contribution < -0.4 is 14.8 Å². The minimum Gasteiger partial charge on any atom is -0.493 e. The lowest BCUT2D eigenvalue weighted by Gasteiger charge is -2.22. The van der Waals surface area contributed by atoms with Gasteiger partial charge in [0, 0.05) is 12.1 Å². The summed E-state index contributed by atoms with van der Waals surface area (Å²) in [6.45, 7) is 10.7. The molecule has 0 radical (unpaired) electrons. The van der Waals surface area contributed by atoms with E-state index in [1.807, 2.05) is 25.1 Å². The van der Waals surface area contributed by atoms with Crippen LogP contribution in [0.3, 0.4) is 0 Å². The first-order chi connectivity index (χ1) is 9.23. The van der Waals surface area contributed by atoms with E-state index < -0.39 is 6.10 Å². The largest absolute Gasteiger partial charge is 0.493 e. The smallest absolute Gasteiger partial charge is 0.161 e. The van der Waals surface area contributed by atoms with Gasteiger partial charge in [-0.2, -0.15) is 0 Å². The van der Waals surface area contributed by atoms with E-state index in [-0.39, 0.29) is 11.6 Å². The molecule has 0 saturated carbocycles. The van der Waals surface area contributed by atoms with Crippen molar-refractivity contribution in [2.45, 2.75) is 58.9 Å². The molecule has 114 valence electrons. The fourth-order valence-electron chi connectivity index (χ4n) is 1.59. The van der Waals surface area contributed by atoms with Crippen LogP contribution >= 0.6 is 0 Å². The molecule has 2 atom stereocenters. The second-order valence-electron chi connectivity index (χ2n) is 6.15. The quantitative estimate of drug-likeness (QED) is 0.842. The lowest BCUT2D eigenvalue weighted by atomic mass is 10.1. The van der Waals surface area contributed by atoms with Crippen molar-refractivity contribution in [3.8, 4) is 11.5 Å². The minimum absolute atomic E-state index is 0.0727. The van der Waals surface area contributed by atoms with E-state index in [1.54, 1.807) is 14.0 Å². The van der Waals surface area contributed by atoms with Crippen LogP contribution in [0.5, 0.6) is 11.5 Å². The number of nitrogens with one attached hydrogen (secondary N) is 1. The minimum atomic E-state index is -0.526. The van der Waals surface area contributed by atoms with E-state index in [2.05, 4.69) is 26.1 Å². The molecule has 2 N–H and O–H groups in total. The second kappa shape index (κ2) is 6.95. The fraction of sp³-hybridized carbons (Fsp3) is 0.625. The van der Waals surface area contributed by atoms with E-state index in [0.29, 0.717) is 11.5 Å². The van der Waals surface area contributed by atoms with Gasteiger partial charge in [-0.3, -0.25) is 0 Å². The van der Waals surface area contributed by atoms with E-state index in [1.165, 1.54) is 0 Å². The van der Waals surface area contributed by atoms with Gasteiger partial charge in [-0.15, -0.1) is 0 Å². The maximum Gasteiger partial charge on any atom is 0.161 e. The monoisotopic (exact) mass is 281 g/mol. The maximum absolute atomic E-state index is 9.50. The number of aliphatic hydroxyl groups excluding tert-OH is 1. The van der Waals surface area contributed by atoms with Crippen molar-refractivity contribution in [3.63, 3.8) is 0 Å². The average molecular weight is 281 g/mol. The highest BCUT2D eigenvalue weighted by atomic mass is 16.5. The van der Waals surface area contributed by atoms with Crippen LogP contribution in [0.1, 0.15) is 40.2 Å². The summed E-state index contributed by atoms with van der Waals surface area (Å²) >= 11 is 0. The Kier molecular flexibility index (Phi) is 5.84. The topological polar surface area (TPSA) is 50.7 Å². The molecule has 20 heavy (non-hydrogen) atoms. The Balaban J connectivity index is 2.80. The van der Waals surface area contributed by atoms with Crippen LogP contribution in [-0.4, -0.2) is 30.0 Å². The molecule has 1 rings (SSSR count). The van der Waals surface area contributed by atoms with E-state index in [4.69, 9.17) is 9.47 Å². The predicted molar refractivity (Wildman–Crippen MR) is 81.4 cm³/mol. The first-order valence-electron chi connectivity index (χ1n) is 6.99. The molecule has 1 aromatic carbocycles. The highest BCUT2D eigenvalue weighted by molar-refractivity contribution is 5.43. The summed E-state index contributed by atoms with van der Waals surface area (Å²) in [6.07, 6.45) is -0.801. The van der Waals surface area contributed by atoms with Crippen LogP contribution in [0.4, 0.5) is 0 Å². The first kappa shape index (κ1) is 16.8. The normalized spacial score (nSPS) is 14.8. The molecule has 0 aromatic heterocycles. The first-order valence-corrected chi connectivity index (χ1v) is 6.99. The van der Waals surface area contributed by atoms with Crippen molar-refractivity contribution in [1.82, 2.24) is 5.32 Å². The summed E-state index contributed by atoms with van der Waals surface area (Å²) in [5.74, 6) is 1.34. The Labute approximate surface area is 122 Å². The number of benzene rings is 1. The summed E-state index contributed by atoms with van der Waals surface area (Å²) in [6, 6.07) is 5.85. The van der Waals surface area contributed by atoms with Gasteiger partial charge in [0.25, 0.3) is 0 Å². The molecule has 4 nitrogen and oxygen atoms in total. The highest BCUT2D eigenvalue weighted by Crippen LogP contribution is 2.29. The van der Waals surface area contributed by atoms with Gasteiger partial charge in [-0.05, 0) is 52.3 Å². The van der Waals surface area contributed by atoms with Crippen LogP contribution in [-0.2, 0) is 6.54 Å². The summed E-state index contributed by atoms with van der Waals surface area (Å²) in [5, 5.41) is 12.9. The van der Waals surface area contributed by atoms with Gasteiger partial charge in [0.05, 0.1) is 13.2 Å². The number of rotatable bonds is 6. The van der Waals surface area contributed by atoms with Crippen LogP contribution in [0.15, 0.2) is 18.2 Å². The Morgan fingerprint density at radius 2 is 1.85 bits per heavy atom. The second-order valence-corrected chi connectivity index (χ2v) is 6.15. The molecular formula is C16H27NO3. The van der Waals surface area contributed by atoms with Crippen LogP contribution in [0.2, 0.25) is 0 Å². The number of aliphatic hydroxyl groups is 1. The molecule has 0 spiro atoms. The van der Waals surface area contributed by atoms with E-state index in [0.717, 1.165) is 12.1 Å². The van der Waals surface area contributed by atoms with Crippen molar-refractivity contribution < 1.29 is 14.6 Å². The molecule has 4 heteroatoms. The zero-order valence-electron chi connectivity index (χ0n) is 13.4. The van der Waals surface area contributed by atoms with E-state index in [9.17, 15) is 5.11 Å². The number of hydrogen-bond donors (Lipinski definition) is 2. The summed E-state index contributed by atoms with van der Waals surface area (Å²) in [5.41, 5.74) is 1.21. The number of ether oxygens (including phenoxy) is 2. The van der Waals surface area contributed by atoms with Gasteiger partial charge in [0.2, 0.25) is 0 Å². The molecule has 0 fully saturated rings. The third-order valence-corrected chi connectivity index (χ3v) is 3.04. The third kappa shape index (κ3) is 5.39. The molecule has 0 bridgehead atoms. The van der Waals surface area contributed by atoms with Crippen molar-refractivity contribution >= 4 is 0 Å². The highest BCUT2D eigenvalue weighted by Gasteiger charge is 2.14. The van der Waals surface area contributed by atoms with Crippen molar-refractivity contribution in [3.05, 3.63) is 23.8 Å². The van der Waals surface area contributed by atoms with Gasteiger partial charge < -0.3 is 19.9 Å². The van der Waals surface area contributed by atoms with Gasteiger partial charge in [-0.25, -0.2) is 0 Å². The predicted octanol–water partition coefficient (Wildman–Crippen LogP) is 2.73. The molecule has 0 heterocycles. The summed E-state index contributed by atoms with van der Waals surface area (Å²) in [7, 11) is 1.62. The van der Waals surface area contributed by atoms with Gasteiger partial charge in [-0.1, -0.05) is 6.07 Å². The SMILES string of the molecule is COc1cc(CNC(C)(C)C)ccc1OC(C)C(C)O. The van der Waals surface area contributed by atoms with Crippen LogP contribution in [0.25, 0.3) is 0 Å². The van der Waals surface area contributed by atoms with Crippen LogP contribution in [0, 0.1) is 0 Å². The van der Waals surface area contributed by atoms with Gasteiger partial charge >= 0.3 is 0 Å². The number of methoxy groups -OCH3 is 1. The molecule has 0 aliphatic carbocycles. The summed E-state index contributed by atoms with van der Waals surface area (Å²) < 4.78 is 11.1. The molecule has 0 aliphatic heterocycles. The third-order valence-electron chi connectivity index (χ3n) is 3.04. The van der Waals surface area contributed by atoms with E-state index >= 15 is 0 Å². The average Bonchev–Trinajstić information content (AvgIpc) is 2.36. The van der Waals surface area contributed by atoms with Crippen molar-refractivity contribution in [2.24, 2.45) is 0 Å². The fourth-order valence-corrected chi connectivity index (χ4v) is 1.59. The molecule has 2 unspecified atom stereocenters. The van der Waals surface area contributed by atoms with Gasteiger partial charge in [0.15, 0.2) is 11.5 Å². The summed E-state index contributed by atoms with van der Waals surface area (Å²) in [4.78, 5) is 0. The number of hydrogen-bond acceptors (Lipinski definition) is 4. The Bertz CT molecular complexity index is 424. The molecule has 0 aliphatic rings. The molecule has 1 aromatic rings. The lowest BCUT2D eigenvalue weighted by Crippen LogP contribution is -2.35. The molecular weight excluding hydrogens is 254 g/mol. The van der Waals surface area contributed by atoms with Crippen molar-refractivity contribution in [2.75, 3.05) is 7.11 Å². The standard InChI is InChI=1S/C16H27NO3/c1-11(18)12(2)20-14-8-7-13(9-15(14)19-6)10-17-16(3,4)5/h7-9,11-12,17-18H,10H2,1-6H3. The zero-order chi connectivity index (χ0) is 15.3. The Hall–Kier alpha value is -1.26. The molecule has 0 saturated heterocycles. The lowest BCUT2D eigenvalue weighted by molar-refractivity contribution is 0.0586. The zero-order valence-corrected chi connectivity index (χ0v) is 13.4. The van der Waals surface area contributed by atoms with Gasteiger partial charge in [0.1, 0.15) is 6.10 Å². The van der Waals surface area contributed by atoms with Crippen molar-refractivity contribution in [1.29, 1.82) is 0 Å². The Morgan fingerprint density at radius 3 is 2.35 bits per heavy atom. The molecule has 0 amide bonds. The maximum atomic E-state index is 9.50.